The van der Waals surface area contributed by atoms with Gasteiger partial charge >= 0.3 is 0 Å². The Balaban J connectivity index is 2.07. The lowest BCUT2D eigenvalue weighted by Gasteiger charge is -2.31. The van der Waals surface area contributed by atoms with E-state index in [0.717, 1.165) is 19.2 Å². The van der Waals surface area contributed by atoms with Crippen molar-refractivity contribution in [3.63, 3.8) is 0 Å². The van der Waals surface area contributed by atoms with Crippen LogP contribution in [0.15, 0.2) is 12.1 Å². The Morgan fingerprint density at radius 3 is 2.60 bits per heavy atom. The van der Waals surface area contributed by atoms with Gasteiger partial charge in [-0.15, -0.1) is 0 Å². The van der Waals surface area contributed by atoms with Gasteiger partial charge in [0.2, 0.25) is 5.91 Å². The zero-order valence-electron chi connectivity index (χ0n) is 11.0. The number of carbonyl (C=O) groups excluding carboxylic acids is 1. The van der Waals surface area contributed by atoms with Crippen LogP contribution in [0.1, 0.15) is 6.92 Å². The Morgan fingerprint density at radius 1 is 1.30 bits per heavy atom. The van der Waals surface area contributed by atoms with Crippen LogP contribution in [0.2, 0.25) is 0 Å². The average molecular weight is 287 g/mol. The van der Waals surface area contributed by atoms with Crippen LogP contribution < -0.4 is 10.6 Å². The fraction of sp³-hybridized carbons (Fsp3) is 0.462. The molecular weight excluding hydrogens is 271 g/mol. The van der Waals surface area contributed by atoms with Gasteiger partial charge in [0.25, 0.3) is 0 Å². The van der Waals surface area contributed by atoms with Crippen LogP contribution in [0.5, 0.6) is 0 Å². The molecule has 1 fully saturated rings. The second-order valence-electron chi connectivity index (χ2n) is 4.70. The fourth-order valence-electron chi connectivity index (χ4n) is 2.12. The molecule has 0 bridgehead atoms. The SMILES string of the molecule is CC(C(=O)Nc1cc(F)cc(F)c1F)N1CCNCC1. The highest BCUT2D eigenvalue weighted by molar-refractivity contribution is 5.94. The number of rotatable bonds is 3. The first-order valence-electron chi connectivity index (χ1n) is 6.39. The van der Waals surface area contributed by atoms with E-state index in [-0.39, 0.29) is 0 Å². The van der Waals surface area contributed by atoms with Crippen molar-refractivity contribution >= 4 is 11.6 Å². The molecule has 4 nitrogen and oxygen atoms in total. The van der Waals surface area contributed by atoms with Crippen LogP contribution in [0.3, 0.4) is 0 Å². The third-order valence-electron chi connectivity index (χ3n) is 3.33. The number of nitrogens with zero attached hydrogens (tertiary/aromatic N) is 1. The largest absolute Gasteiger partial charge is 0.322 e. The van der Waals surface area contributed by atoms with Gasteiger partial charge < -0.3 is 10.6 Å². The molecule has 1 aliphatic heterocycles. The Kier molecular flexibility index (Phi) is 4.61. The molecule has 20 heavy (non-hydrogen) atoms. The monoisotopic (exact) mass is 287 g/mol. The van der Waals surface area contributed by atoms with Crippen LogP contribution >= 0.6 is 0 Å². The third-order valence-corrected chi connectivity index (χ3v) is 3.33. The maximum Gasteiger partial charge on any atom is 0.241 e. The van der Waals surface area contributed by atoms with Gasteiger partial charge in [0.1, 0.15) is 5.82 Å². The number of nitrogens with one attached hydrogen (secondary N) is 2. The average Bonchev–Trinajstić information content (AvgIpc) is 2.44. The van der Waals surface area contributed by atoms with Crippen molar-refractivity contribution in [2.45, 2.75) is 13.0 Å². The Morgan fingerprint density at radius 2 is 1.95 bits per heavy atom. The smallest absolute Gasteiger partial charge is 0.241 e. The summed E-state index contributed by atoms with van der Waals surface area (Å²) < 4.78 is 39.6. The lowest BCUT2D eigenvalue weighted by Crippen LogP contribution is -2.51. The fourth-order valence-corrected chi connectivity index (χ4v) is 2.12. The van der Waals surface area contributed by atoms with E-state index < -0.39 is 35.1 Å². The zero-order chi connectivity index (χ0) is 14.7. The first kappa shape index (κ1) is 14.8. The molecule has 1 aliphatic rings. The molecule has 110 valence electrons. The highest BCUT2D eigenvalue weighted by Crippen LogP contribution is 2.19. The van der Waals surface area contributed by atoms with Crippen molar-refractivity contribution in [2.24, 2.45) is 0 Å². The number of benzene rings is 1. The van der Waals surface area contributed by atoms with E-state index in [2.05, 4.69) is 10.6 Å². The summed E-state index contributed by atoms with van der Waals surface area (Å²) in [6.07, 6.45) is 0. The van der Waals surface area contributed by atoms with Gasteiger partial charge in [0, 0.05) is 38.3 Å². The van der Waals surface area contributed by atoms with Crippen LogP contribution in [0.4, 0.5) is 18.9 Å². The van der Waals surface area contributed by atoms with Crippen molar-refractivity contribution < 1.29 is 18.0 Å². The summed E-state index contributed by atoms with van der Waals surface area (Å²) in [5.74, 6) is -4.01. The number of hydrogen-bond acceptors (Lipinski definition) is 3. The first-order chi connectivity index (χ1) is 9.49. The molecule has 1 saturated heterocycles. The number of anilines is 1. The standard InChI is InChI=1S/C13H16F3N3O/c1-8(19-4-2-17-3-5-19)13(20)18-11-7-9(14)6-10(15)12(11)16/h6-8,17H,2-5H2,1H3,(H,18,20). The minimum Gasteiger partial charge on any atom is -0.322 e. The predicted octanol–water partition coefficient (Wildman–Crippen LogP) is 1.34. The van der Waals surface area contributed by atoms with Crippen LogP contribution in [-0.4, -0.2) is 43.0 Å². The van der Waals surface area contributed by atoms with Crippen molar-refractivity contribution in [3.05, 3.63) is 29.6 Å². The molecule has 0 saturated carbocycles. The molecule has 0 aromatic heterocycles. The van der Waals surface area contributed by atoms with E-state index in [1.54, 1.807) is 6.92 Å². The number of piperazine rings is 1. The normalized spacial score (nSPS) is 17.8. The van der Waals surface area contributed by atoms with Crippen molar-refractivity contribution in [2.75, 3.05) is 31.5 Å². The number of carbonyl (C=O) groups is 1. The highest BCUT2D eigenvalue weighted by Gasteiger charge is 2.24. The molecule has 2 N–H and O–H groups in total. The molecule has 0 spiro atoms. The van der Waals surface area contributed by atoms with E-state index in [1.807, 2.05) is 4.90 Å². The topological polar surface area (TPSA) is 44.4 Å². The number of amides is 1. The molecule has 1 heterocycles. The molecule has 0 radical (unpaired) electrons. The molecule has 1 aromatic rings. The van der Waals surface area contributed by atoms with E-state index in [9.17, 15) is 18.0 Å². The van der Waals surface area contributed by atoms with Gasteiger partial charge in [0.15, 0.2) is 11.6 Å². The summed E-state index contributed by atoms with van der Waals surface area (Å²) in [4.78, 5) is 13.9. The summed E-state index contributed by atoms with van der Waals surface area (Å²) in [5.41, 5.74) is -0.477. The molecule has 2 rings (SSSR count). The predicted molar refractivity (Wildman–Crippen MR) is 68.9 cm³/mol. The van der Waals surface area contributed by atoms with Crippen molar-refractivity contribution in [3.8, 4) is 0 Å². The Hall–Kier alpha value is -1.60. The second-order valence-corrected chi connectivity index (χ2v) is 4.70. The van der Waals surface area contributed by atoms with Crippen LogP contribution in [0.25, 0.3) is 0 Å². The van der Waals surface area contributed by atoms with E-state index in [0.29, 0.717) is 19.2 Å². The van der Waals surface area contributed by atoms with Crippen LogP contribution in [-0.2, 0) is 4.79 Å². The van der Waals surface area contributed by atoms with Gasteiger partial charge in [-0.05, 0) is 6.92 Å². The van der Waals surface area contributed by atoms with Gasteiger partial charge in [-0.2, -0.15) is 0 Å². The van der Waals surface area contributed by atoms with Crippen molar-refractivity contribution in [1.29, 1.82) is 0 Å². The molecule has 1 unspecified atom stereocenters. The molecule has 1 aromatic carbocycles. The summed E-state index contributed by atoms with van der Waals surface area (Å²) in [7, 11) is 0. The molecule has 1 amide bonds. The lowest BCUT2D eigenvalue weighted by atomic mass is 10.2. The maximum absolute atomic E-state index is 13.5. The zero-order valence-corrected chi connectivity index (χ0v) is 11.0. The quantitative estimate of drug-likeness (QED) is 0.825. The van der Waals surface area contributed by atoms with E-state index in [1.165, 1.54) is 0 Å². The third kappa shape index (κ3) is 3.29. The minimum atomic E-state index is -1.32. The van der Waals surface area contributed by atoms with Crippen molar-refractivity contribution in [1.82, 2.24) is 10.2 Å². The summed E-state index contributed by atoms with van der Waals surface area (Å²) in [6, 6.07) is 0.703. The van der Waals surface area contributed by atoms with Gasteiger partial charge in [-0.25, -0.2) is 13.2 Å². The number of hydrogen-bond donors (Lipinski definition) is 2. The minimum absolute atomic E-state index is 0.435. The molecule has 1 atom stereocenters. The Labute approximate surface area is 114 Å². The Bertz CT molecular complexity index is 504. The van der Waals surface area contributed by atoms with E-state index >= 15 is 0 Å². The summed E-state index contributed by atoms with van der Waals surface area (Å²) in [5, 5.41) is 5.38. The van der Waals surface area contributed by atoms with Gasteiger partial charge in [-0.1, -0.05) is 0 Å². The maximum atomic E-state index is 13.5. The summed E-state index contributed by atoms with van der Waals surface area (Å²) in [6.45, 7) is 4.58. The number of halogens is 3. The first-order valence-corrected chi connectivity index (χ1v) is 6.39. The molecular formula is C13H16F3N3O. The second kappa shape index (κ2) is 6.23. The molecule has 0 aliphatic carbocycles. The summed E-state index contributed by atoms with van der Waals surface area (Å²) >= 11 is 0. The highest BCUT2D eigenvalue weighted by atomic mass is 19.2. The van der Waals surface area contributed by atoms with Gasteiger partial charge in [0.05, 0.1) is 11.7 Å². The lowest BCUT2D eigenvalue weighted by molar-refractivity contribution is -0.121. The molecule has 7 heteroatoms. The van der Waals surface area contributed by atoms with Gasteiger partial charge in [-0.3, -0.25) is 9.69 Å². The van der Waals surface area contributed by atoms with Crippen LogP contribution in [0, 0.1) is 17.5 Å². The van der Waals surface area contributed by atoms with E-state index in [4.69, 9.17) is 0 Å².